The van der Waals surface area contributed by atoms with Gasteiger partial charge in [0.25, 0.3) is 5.91 Å². The van der Waals surface area contributed by atoms with Crippen molar-refractivity contribution in [2.75, 3.05) is 20.3 Å². The van der Waals surface area contributed by atoms with Crippen LogP contribution in [0.15, 0.2) is 24.3 Å². The molecular weight excluding hydrogens is 438 g/mol. The van der Waals surface area contributed by atoms with Crippen molar-refractivity contribution >= 4 is 17.8 Å². The smallest absolute Gasteiger partial charge is 0.328 e. The van der Waals surface area contributed by atoms with E-state index in [2.05, 4.69) is 17.2 Å². The second-order valence-electron chi connectivity index (χ2n) is 8.97. The molecular formula is C26H35NO7. The van der Waals surface area contributed by atoms with E-state index in [1.54, 1.807) is 45.0 Å². The fourth-order valence-corrected chi connectivity index (χ4v) is 3.24. The van der Waals surface area contributed by atoms with Gasteiger partial charge in [0.05, 0.1) is 13.7 Å². The summed E-state index contributed by atoms with van der Waals surface area (Å²) >= 11 is 0. The number of amides is 1. The van der Waals surface area contributed by atoms with Gasteiger partial charge in [-0.3, -0.25) is 9.59 Å². The van der Waals surface area contributed by atoms with E-state index in [1.165, 1.54) is 7.11 Å². The molecule has 0 aliphatic carbocycles. The molecule has 8 heteroatoms. The first-order valence-electron chi connectivity index (χ1n) is 11.6. The molecule has 1 heterocycles. The first-order valence-corrected chi connectivity index (χ1v) is 11.6. The predicted octanol–water partition coefficient (Wildman–Crippen LogP) is 3.36. The minimum atomic E-state index is -0.961. The van der Waals surface area contributed by atoms with E-state index in [0.717, 1.165) is 31.4 Å². The lowest BCUT2D eigenvalue weighted by Crippen LogP contribution is -2.42. The van der Waals surface area contributed by atoms with Crippen LogP contribution >= 0.6 is 0 Å². The summed E-state index contributed by atoms with van der Waals surface area (Å²) in [7, 11) is 1.23. The molecule has 8 nitrogen and oxygen atoms in total. The van der Waals surface area contributed by atoms with Crippen LogP contribution in [0.4, 0.5) is 0 Å². The van der Waals surface area contributed by atoms with Crippen molar-refractivity contribution in [3.8, 4) is 11.8 Å². The van der Waals surface area contributed by atoms with Crippen molar-refractivity contribution in [1.82, 2.24) is 5.32 Å². The zero-order chi connectivity index (χ0) is 25.0. The minimum Gasteiger partial charge on any atom is -0.467 e. The van der Waals surface area contributed by atoms with E-state index in [1.807, 2.05) is 0 Å². The summed E-state index contributed by atoms with van der Waals surface area (Å²) in [6, 6.07) is 5.78. The van der Waals surface area contributed by atoms with Gasteiger partial charge in [-0.1, -0.05) is 11.8 Å². The van der Waals surface area contributed by atoms with Crippen molar-refractivity contribution in [3.63, 3.8) is 0 Å². The summed E-state index contributed by atoms with van der Waals surface area (Å²) in [6.45, 7) is 6.55. The quantitative estimate of drug-likeness (QED) is 0.333. The van der Waals surface area contributed by atoms with Crippen molar-refractivity contribution in [3.05, 3.63) is 35.4 Å². The lowest BCUT2D eigenvalue weighted by atomic mass is 10.1. The Morgan fingerprint density at radius 2 is 1.91 bits per heavy atom. The Bertz CT molecular complexity index is 871. The van der Waals surface area contributed by atoms with E-state index < -0.39 is 29.5 Å². The number of esters is 2. The summed E-state index contributed by atoms with van der Waals surface area (Å²) in [5.74, 6) is 4.57. The Kier molecular flexibility index (Phi) is 11.0. The second-order valence-corrected chi connectivity index (χ2v) is 8.97. The summed E-state index contributed by atoms with van der Waals surface area (Å²) < 4.78 is 21.2. The largest absolute Gasteiger partial charge is 0.467 e. The van der Waals surface area contributed by atoms with Gasteiger partial charge in [0.1, 0.15) is 11.6 Å². The Balaban J connectivity index is 1.84. The standard InChI is InChI=1S/C26H35NO7/c1-26(2,3)34-22(28)16-15-21(25(30)31-4)27-24(29)20-13-11-19(12-14-20)9-5-7-17-32-23-10-6-8-18-33-23/h11-14,21,23H,6-8,10,15-18H2,1-4H3,(H,27,29)/t21-,23?/m0/s1. The first-order chi connectivity index (χ1) is 16.2. The molecule has 0 aromatic heterocycles. The van der Waals surface area contributed by atoms with E-state index in [0.29, 0.717) is 18.6 Å². The molecule has 0 spiro atoms. The number of rotatable bonds is 9. The molecule has 1 aromatic rings. The number of hydrogen-bond donors (Lipinski definition) is 1. The van der Waals surface area contributed by atoms with Gasteiger partial charge in [0.2, 0.25) is 0 Å². The summed E-state index contributed by atoms with van der Waals surface area (Å²) in [5, 5.41) is 2.63. The summed E-state index contributed by atoms with van der Waals surface area (Å²) in [6.07, 6.45) is 3.65. The third-order valence-electron chi connectivity index (χ3n) is 4.90. The van der Waals surface area contributed by atoms with Crippen LogP contribution in [-0.2, 0) is 28.5 Å². The highest BCUT2D eigenvalue weighted by Gasteiger charge is 2.25. The van der Waals surface area contributed by atoms with E-state index in [4.69, 9.17) is 18.9 Å². The van der Waals surface area contributed by atoms with Crippen molar-refractivity contribution in [1.29, 1.82) is 0 Å². The normalized spacial score (nSPS) is 16.5. The van der Waals surface area contributed by atoms with Crippen LogP contribution in [0.1, 0.15) is 75.2 Å². The van der Waals surface area contributed by atoms with Crippen molar-refractivity contribution < 1.29 is 33.3 Å². The van der Waals surface area contributed by atoms with Gasteiger partial charge in [-0.25, -0.2) is 4.79 Å². The van der Waals surface area contributed by atoms with Gasteiger partial charge in [-0.2, -0.15) is 0 Å². The van der Waals surface area contributed by atoms with E-state index >= 15 is 0 Å². The molecule has 1 fully saturated rings. The first kappa shape index (κ1) is 27.4. The Labute approximate surface area is 201 Å². The molecule has 1 saturated heterocycles. The van der Waals surface area contributed by atoms with E-state index in [-0.39, 0.29) is 19.1 Å². The number of methoxy groups -OCH3 is 1. The maximum atomic E-state index is 12.6. The van der Waals surface area contributed by atoms with Crippen molar-refractivity contribution in [2.45, 2.75) is 77.2 Å². The molecule has 2 rings (SSSR count). The summed E-state index contributed by atoms with van der Waals surface area (Å²) in [5.41, 5.74) is 0.511. The highest BCUT2D eigenvalue weighted by molar-refractivity contribution is 5.97. The summed E-state index contributed by atoms with van der Waals surface area (Å²) in [4.78, 5) is 36.6. The second kappa shape index (κ2) is 13.7. The molecule has 1 unspecified atom stereocenters. The number of ether oxygens (including phenoxy) is 4. The Morgan fingerprint density at radius 3 is 2.53 bits per heavy atom. The number of hydrogen-bond acceptors (Lipinski definition) is 7. The molecule has 0 bridgehead atoms. The third kappa shape index (κ3) is 10.4. The zero-order valence-electron chi connectivity index (χ0n) is 20.5. The van der Waals surface area contributed by atoms with Gasteiger partial charge < -0.3 is 24.3 Å². The fraction of sp³-hybridized carbons (Fsp3) is 0.577. The minimum absolute atomic E-state index is 0.0254. The van der Waals surface area contributed by atoms with Gasteiger partial charge >= 0.3 is 11.9 Å². The van der Waals surface area contributed by atoms with Crippen LogP contribution < -0.4 is 5.32 Å². The highest BCUT2D eigenvalue weighted by Crippen LogP contribution is 2.14. The van der Waals surface area contributed by atoms with Crippen LogP contribution in [0.3, 0.4) is 0 Å². The molecule has 0 radical (unpaired) electrons. The van der Waals surface area contributed by atoms with Crippen LogP contribution in [-0.4, -0.2) is 56.1 Å². The van der Waals surface area contributed by atoms with Gasteiger partial charge in [0.15, 0.2) is 6.29 Å². The molecule has 0 saturated carbocycles. The Morgan fingerprint density at radius 1 is 1.18 bits per heavy atom. The number of nitrogens with one attached hydrogen (secondary N) is 1. The molecule has 186 valence electrons. The SMILES string of the molecule is COC(=O)[C@H](CCC(=O)OC(C)(C)C)NC(=O)c1ccc(C#CCCOC2CCCCO2)cc1. The average Bonchev–Trinajstić information content (AvgIpc) is 2.80. The molecule has 2 atom stereocenters. The van der Waals surface area contributed by atoms with Crippen LogP contribution in [0.25, 0.3) is 0 Å². The predicted molar refractivity (Wildman–Crippen MR) is 126 cm³/mol. The van der Waals surface area contributed by atoms with Crippen molar-refractivity contribution in [2.24, 2.45) is 0 Å². The Hall–Kier alpha value is -2.89. The highest BCUT2D eigenvalue weighted by atomic mass is 16.7. The molecule has 1 aromatic carbocycles. The average molecular weight is 474 g/mol. The molecule has 1 aliphatic heterocycles. The van der Waals surface area contributed by atoms with Gasteiger partial charge in [0, 0.05) is 30.6 Å². The third-order valence-corrected chi connectivity index (χ3v) is 4.90. The van der Waals surface area contributed by atoms with Gasteiger partial charge in [-0.05, 0) is 70.7 Å². The maximum Gasteiger partial charge on any atom is 0.328 e. The maximum absolute atomic E-state index is 12.6. The molecule has 1 aliphatic rings. The van der Waals surface area contributed by atoms with Crippen LogP contribution in [0.2, 0.25) is 0 Å². The number of carbonyl (C=O) groups excluding carboxylic acids is 3. The fourth-order valence-electron chi connectivity index (χ4n) is 3.24. The van der Waals surface area contributed by atoms with Crippen LogP contribution in [0, 0.1) is 11.8 Å². The van der Waals surface area contributed by atoms with E-state index in [9.17, 15) is 14.4 Å². The topological polar surface area (TPSA) is 100 Å². The number of benzene rings is 1. The van der Waals surface area contributed by atoms with Crippen LogP contribution in [0.5, 0.6) is 0 Å². The monoisotopic (exact) mass is 473 g/mol. The molecule has 1 N–H and O–H groups in total. The van der Waals surface area contributed by atoms with Gasteiger partial charge in [-0.15, -0.1) is 0 Å². The zero-order valence-corrected chi connectivity index (χ0v) is 20.5. The molecule has 1 amide bonds. The number of carbonyl (C=O) groups is 3. The lowest BCUT2D eigenvalue weighted by molar-refractivity contribution is -0.161. The lowest BCUT2D eigenvalue weighted by Gasteiger charge is -2.22. The molecule has 34 heavy (non-hydrogen) atoms.